The molecule has 24 heavy (non-hydrogen) atoms. The molecule has 2 aromatic carbocycles. The van der Waals surface area contributed by atoms with Crippen LogP contribution in [0.25, 0.3) is 0 Å². The van der Waals surface area contributed by atoms with Crippen LogP contribution in [0, 0.1) is 11.3 Å². The lowest BCUT2D eigenvalue weighted by molar-refractivity contribution is -0.137. The number of nitrogens with zero attached hydrogens (tertiary/aromatic N) is 1. The lowest BCUT2D eigenvalue weighted by Gasteiger charge is -2.14. The Balaban J connectivity index is 2.47. The van der Waals surface area contributed by atoms with E-state index in [4.69, 9.17) is 10.00 Å². The van der Waals surface area contributed by atoms with Crippen molar-refractivity contribution in [3.63, 3.8) is 0 Å². The number of hydrogen-bond acceptors (Lipinski definition) is 4. The molecule has 0 heterocycles. The van der Waals surface area contributed by atoms with Gasteiger partial charge in [0.25, 0.3) is 10.0 Å². The van der Waals surface area contributed by atoms with Gasteiger partial charge < -0.3 is 4.74 Å². The van der Waals surface area contributed by atoms with Gasteiger partial charge in [0.15, 0.2) is 0 Å². The zero-order valence-electron chi connectivity index (χ0n) is 12.3. The van der Waals surface area contributed by atoms with E-state index in [1.807, 2.05) is 0 Å². The predicted molar refractivity (Wildman–Crippen MR) is 80.0 cm³/mol. The van der Waals surface area contributed by atoms with E-state index in [0.717, 1.165) is 18.2 Å². The van der Waals surface area contributed by atoms with Crippen molar-refractivity contribution in [1.82, 2.24) is 0 Å². The van der Waals surface area contributed by atoms with E-state index in [2.05, 4.69) is 4.72 Å². The number of ether oxygens (including phenoxy) is 1. The smallest absolute Gasteiger partial charge is 0.416 e. The van der Waals surface area contributed by atoms with Crippen LogP contribution in [0.1, 0.15) is 11.1 Å². The van der Waals surface area contributed by atoms with E-state index >= 15 is 0 Å². The van der Waals surface area contributed by atoms with E-state index in [1.165, 1.54) is 25.3 Å². The third-order valence-corrected chi connectivity index (χ3v) is 4.41. The molecule has 0 aliphatic rings. The number of sulfonamides is 1. The average molecular weight is 356 g/mol. The highest BCUT2D eigenvalue weighted by Gasteiger charge is 2.31. The van der Waals surface area contributed by atoms with Gasteiger partial charge in [0, 0.05) is 0 Å². The molecule has 5 nitrogen and oxygen atoms in total. The molecule has 0 saturated heterocycles. The van der Waals surface area contributed by atoms with Gasteiger partial charge >= 0.3 is 6.18 Å². The second kappa shape index (κ2) is 6.41. The number of anilines is 1. The van der Waals surface area contributed by atoms with Gasteiger partial charge in [-0.2, -0.15) is 18.4 Å². The largest absolute Gasteiger partial charge is 0.495 e. The fraction of sp³-hybridized carbons (Fsp3) is 0.133. The first kappa shape index (κ1) is 17.6. The van der Waals surface area contributed by atoms with Gasteiger partial charge in [-0.05, 0) is 36.4 Å². The normalized spacial score (nSPS) is 11.6. The van der Waals surface area contributed by atoms with Gasteiger partial charge in [-0.1, -0.05) is 6.07 Å². The Labute approximate surface area is 136 Å². The summed E-state index contributed by atoms with van der Waals surface area (Å²) in [6.07, 6.45) is -4.63. The second-order valence-electron chi connectivity index (χ2n) is 4.66. The lowest BCUT2D eigenvalue weighted by Crippen LogP contribution is -2.15. The van der Waals surface area contributed by atoms with Crippen molar-refractivity contribution < 1.29 is 26.3 Å². The number of rotatable bonds is 4. The van der Waals surface area contributed by atoms with Crippen LogP contribution in [0.5, 0.6) is 5.75 Å². The quantitative estimate of drug-likeness (QED) is 0.911. The molecule has 1 N–H and O–H groups in total. The maximum absolute atomic E-state index is 12.8. The Morgan fingerprint density at radius 1 is 1.17 bits per heavy atom. The molecule has 9 heteroatoms. The molecular formula is C15H11F3N2O3S. The molecule has 126 valence electrons. The van der Waals surface area contributed by atoms with Crippen LogP contribution in [0.3, 0.4) is 0 Å². The molecule has 0 amide bonds. The lowest BCUT2D eigenvalue weighted by atomic mass is 10.2. The molecule has 0 bridgehead atoms. The highest BCUT2D eigenvalue weighted by Crippen LogP contribution is 2.35. The molecule has 0 aliphatic carbocycles. The van der Waals surface area contributed by atoms with Crippen LogP contribution >= 0.6 is 0 Å². The Morgan fingerprint density at radius 2 is 1.88 bits per heavy atom. The van der Waals surface area contributed by atoms with Crippen LogP contribution < -0.4 is 9.46 Å². The van der Waals surface area contributed by atoms with E-state index in [9.17, 15) is 21.6 Å². The summed E-state index contributed by atoms with van der Waals surface area (Å²) in [6.45, 7) is 0. The summed E-state index contributed by atoms with van der Waals surface area (Å²) in [7, 11) is -2.98. The summed E-state index contributed by atoms with van der Waals surface area (Å²) in [6, 6.07) is 9.34. The molecule has 2 aromatic rings. The van der Waals surface area contributed by atoms with Crippen molar-refractivity contribution in [2.24, 2.45) is 0 Å². The summed E-state index contributed by atoms with van der Waals surface area (Å²) < 4.78 is 70.0. The predicted octanol–water partition coefficient (Wildman–Crippen LogP) is 3.39. The minimum atomic E-state index is -4.63. The molecule has 0 aromatic heterocycles. The SMILES string of the molecule is COc1ccc(C(F)(F)F)cc1NS(=O)(=O)c1cccc(C#N)c1. The fourth-order valence-corrected chi connectivity index (χ4v) is 3.01. The Hall–Kier alpha value is -2.73. The molecule has 0 atom stereocenters. The number of alkyl halides is 3. The molecule has 0 unspecified atom stereocenters. The number of halogens is 3. The molecule has 0 fully saturated rings. The van der Waals surface area contributed by atoms with Crippen LogP contribution in [-0.2, 0) is 16.2 Å². The van der Waals surface area contributed by atoms with Crippen molar-refractivity contribution in [1.29, 1.82) is 5.26 Å². The fourth-order valence-electron chi connectivity index (χ4n) is 1.90. The zero-order chi connectivity index (χ0) is 18.0. The molecule has 0 spiro atoms. The molecule has 2 rings (SSSR count). The van der Waals surface area contributed by atoms with Gasteiger partial charge in [0.2, 0.25) is 0 Å². The van der Waals surface area contributed by atoms with Gasteiger partial charge in [-0.25, -0.2) is 8.42 Å². The van der Waals surface area contributed by atoms with E-state index in [0.29, 0.717) is 6.07 Å². The summed E-state index contributed by atoms with van der Waals surface area (Å²) >= 11 is 0. The van der Waals surface area contributed by atoms with Crippen molar-refractivity contribution in [3.05, 3.63) is 53.6 Å². The highest BCUT2D eigenvalue weighted by molar-refractivity contribution is 7.92. The first-order valence-electron chi connectivity index (χ1n) is 6.45. The van der Waals surface area contributed by atoms with Crippen LogP contribution in [0.4, 0.5) is 18.9 Å². The Bertz CT molecular complexity index is 903. The van der Waals surface area contributed by atoms with Crippen molar-refractivity contribution in [3.8, 4) is 11.8 Å². The standard InChI is InChI=1S/C15H11F3N2O3S/c1-23-14-6-5-11(15(16,17)18)8-13(14)20-24(21,22)12-4-2-3-10(7-12)9-19/h2-8,20H,1H3. The molecule has 0 saturated carbocycles. The Morgan fingerprint density at radius 3 is 2.46 bits per heavy atom. The molecule has 0 aliphatic heterocycles. The van der Waals surface area contributed by atoms with Crippen LogP contribution in [-0.4, -0.2) is 15.5 Å². The number of nitriles is 1. The molecular weight excluding hydrogens is 345 g/mol. The minimum absolute atomic E-state index is 0.0667. The van der Waals surface area contributed by atoms with Gasteiger partial charge in [0.1, 0.15) is 5.75 Å². The first-order valence-corrected chi connectivity index (χ1v) is 7.94. The summed E-state index contributed by atoms with van der Waals surface area (Å²) in [5.74, 6) is -0.0667. The topological polar surface area (TPSA) is 79.2 Å². The minimum Gasteiger partial charge on any atom is -0.495 e. The third-order valence-electron chi connectivity index (χ3n) is 3.04. The summed E-state index contributed by atoms with van der Waals surface area (Å²) in [4.78, 5) is -0.249. The number of hydrogen-bond donors (Lipinski definition) is 1. The van der Waals surface area contributed by atoms with Gasteiger partial charge in [0.05, 0.1) is 34.9 Å². The third kappa shape index (κ3) is 3.78. The van der Waals surface area contributed by atoms with Crippen molar-refractivity contribution >= 4 is 15.7 Å². The average Bonchev–Trinajstić information content (AvgIpc) is 2.53. The van der Waals surface area contributed by atoms with Gasteiger partial charge in [-0.15, -0.1) is 0 Å². The second-order valence-corrected chi connectivity index (χ2v) is 6.34. The maximum atomic E-state index is 12.8. The zero-order valence-corrected chi connectivity index (χ0v) is 13.1. The number of nitrogens with one attached hydrogen (secondary N) is 1. The van der Waals surface area contributed by atoms with Crippen LogP contribution in [0.2, 0.25) is 0 Å². The van der Waals surface area contributed by atoms with E-state index in [-0.39, 0.29) is 21.9 Å². The summed E-state index contributed by atoms with van der Waals surface area (Å²) in [5, 5.41) is 8.82. The number of benzene rings is 2. The monoisotopic (exact) mass is 356 g/mol. The van der Waals surface area contributed by atoms with Crippen LogP contribution in [0.15, 0.2) is 47.4 Å². The number of methoxy groups -OCH3 is 1. The first-order chi connectivity index (χ1) is 11.2. The maximum Gasteiger partial charge on any atom is 0.416 e. The highest BCUT2D eigenvalue weighted by atomic mass is 32.2. The van der Waals surface area contributed by atoms with Crippen molar-refractivity contribution in [2.45, 2.75) is 11.1 Å². The van der Waals surface area contributed by atoms with E-state index in [1.54, 1.807) is 6.07 Å². The molecule has 0 radical (unpaired) electrons. The summed E-state index contributed by atoms with van der Waals surface area (Å²) in [5.41, 5.74) is -1.27. The van der Waals surface area contributed by atoms with E-state index < -0.39 is 21.8 Å². The Kier molecular flexibility index (Phi) is 4.71. The van der Waals surface area contributed by atoms with Gasteiger partial charge in [-0.3, -0.25) is 4.72 Å². The van der Waals surface area contributed by atoms with Crippen molar-refractivity contribution in [2.75, 3.05) is 11.8 Å².